The molecule has 0 unspecified atom stereocenters. The molecule has 0 heterocycles. The monoisotopic (exact) mass is 233 g/mol. The summed E-state index contributed by atoms with van der Waals surface area (Å²) in [6.07, 6.45) is 6.58. The predicted octanol–water partition coefficient (Wildman–Crippen LogP) is 3.15. The highest BCUT2D eigenvalue weighted by molar-refractivity contribution is 5.16. The summed E-state index contributed by atoms with van der Waals surface area (Å²) in [5.41, 5.74) is 1.10. The Kier molecular flexibility index (Phi) is 3.15. The summed E-state index contributed by atoms with van der Waals surface area (Å²) >= 11 is 0. The van der Waals surface area contributed by atoms with Gasteiger partial charge in [-0.15, -0.1) is 0 Å². The number of hydrogen-bond acceptors (Lipinski definition) is 1. The van der Waals surface area contributed by atoms with Crippen LogP contribution in [0.25, 0.3) is 0 Å². The molecule has 1 aromatic carbocycles. The third kappa shape index (κ3) is 3.06. The van der Waals surface area contributed by atoms with Crippen molar-refractivity contribution in [3.8, 4) is 0 Å². The van der Waals surface area contributed by atoms with E-state index in [9.17, 15) is 4.39 Å². The van der Waals surface area contributed by atoms with E-state index < -0.39 is 0 Å². The van der Waals surface area contributed by atoms with Gasteiger partial charge in [0.15, 0.2) is 0 Å². The second-order valence-electron chi connectivity index (χ2n) is 5.53. The van der Waals surface area contributed by atoms with Gasteiger partial charge in [0.2, 0.25) is 0 Å². The number of rotatable bonds is 6. The Morgan fingerprint density at radius 3 is 2.47 bits per heavy atom. The molecule has 0 amide bonds. The Bertz CT molecular complexity index is 370. The molecule has 2 aliphatic carbocycles. The van der Waals surface area contributed by atoms with E-state index in [4.69, 9.17) is 0 Å². The van der Waals surface area contributed by atoms with Gasteiger partial charge in [0.25, 0.3) is 0 Å². The normalized spacial score (nSPS) is 19.9. The van der Waals surface area contributed by atoms with E-state index in [-0.39, 0.29) is 5.82 Å². The average Bonchev–Trinajstić information content (AvgIpc) is 3.15. The first-order chi connectivity index (χ1) is 8.33. The smallest absolute Gasteiger partial charge is 0.123 e. The van der Waals surface area contributed by atoms with Gasteiger partial charge in [0.05, 0.1) is 0 Å². The Morgan fingerprint density at radius 2 is 1.88 bits per heavy atom. The zero-order valence-electron chi connectivity index (χ0n) is 10.2. The molecular weight excluding hydrogens is 213 g/mol. The van der Waals surface area contributed by atoms with E-state index in [1.54, 1.807) is 12.1 Å². The lowest BCUT2D eigenvalue weighted by Crippen LogP contribution is -2.34. The molecule has 2 saturated carbocycles. The van der Waals surface area contributed by atoms with Crippen LogP contribution in [0.2, 0.25) is 0 Å². The minimum absolute atomic E-state index is 0.122. The van der Waals surface area contributed by atoms with Crippen molar-refractivity contribution in [3.63, 3.8) is 0 Å². The summed E-state index contributed by atoms with van der Waals surface area (Å²) in [6.45, 7) is 0.987. The highest BCUT2D eigenvalue weighted by Gasteiger charge is 2.40. The molecule has 1 nitrogen and oxygen atoms in total. The molecule has 0 aromatic heterocycles. The number of benzene rings is 1. The highest BCUT2D eigenvalue weighted by Crippen LogP contribution is 2.44. The molecule has 2 aliphatic rings. The van der Waals surface area contributed by atoms with E-state index in [0.717, 1.165) is 36.4 Å². The molecule has 0 spiro atoms. The fraction of sp³-hybridized carbons (Fsp3) is 0.600. The van der Waals surface area contributed by atoms with Crippen LogP contribution >= 0.6 is 0 Å². The zero-order chi connectivity index (χ0) is 11.7. The lowest BCUT2D eigenvalue weighted by molar-refractivity contribution is 0.420. The largest absolute Gasteiger partial charge is 0.313 e. The molecule has 2 fully saturated rings. The van der Waals surface area contributed by atoms with Gasteiger partial charge in [-0.3, -0.25) is 0 Å². The van der Waals surface area contributed by atoms with E-state index in [1.807, 2.05) is 6.07 Å². The first-order valence-corrected chi connectivity index (χ1v) is 6.81. The van der Waals surface area contributed by atoms with E-state index in [2.05, 4.69) is 5.32 Å². The van der Waals surface area contributed by atoms with Crippen molar-refractivity contribution in [1.82, 2.24) is 5.32 Å². The summed E-state index contributed by atoms with van der Waals surface area (Å²) < 4.78 is 13.0. The lowest BCUT2D eigenvalue weighted by atomic mass is 10.1. The SMILES string of the molecule is Fc1cccc(CCNC(C2CC2)C2CC2)c1. The summed E-state index contributed by atoms with van der Waals surface area (Å²) in [4.78, 5) is 0. The van der Waals surface area contributed by atoms with Gasteiger partial charge < -0.3 is 5.32 Å². The summed E-state index contributed by atoms with van der Waals surface area (Å²) in [7, 11) is 0. The van der Waals surface area contributed by atoms with Crippen LogP contribution in [0.1, 0.15) is 31.2 Å². The Balaban J connectivity index is 1.47. The highest BCUT2D eigenvalue weighted by atomic mass is 19.1. The van der Waals surface area contributed by atoms with Gasteiger partial charge in [0.1, 0.15) is 5.82 Å². The first-order valence-electron chi connectivity index (χ1n) is 6.81. The quantitative estimate of drug-likeness (QED) is 0.796. The molecule has 1 aromatic rings. The average molecular weight is 233 g/mol. The van der Waals surface area contributed by atoms with Gasteiger partial charge >= 0.3 is 0 Å². The van der Waals surface area contributed by atoms with Gasteiger partial charge in [-0.05, 0) is 68.2 Å². The molecule has 92 valence electrons. The Morgan fingerprint density at radius 1 is 1.18 bits per heavy atom. The molecule has 2 heteroatoms. The van der Waals surface area contributed by atoms with Crippen molar-refractivity contribution < 1.29 is 4.39 Å². The summed E-state index contributed by atoms with van der Waals surface area (Å²) in [5.74, 6) is 1.76. The van der Waals surface area contributed by atoms with Gasteiger partial charge in [-0.1, -0.05) is 12.1 Å². The molecule has 17 heavy (non-hydrogen) atoms. The van der Waals surface area contributed by atoms with Crippen molar-refractivity contribution in [2.45, 2.75) is 38.1 Å². The maximum atomic E-state index is 13.0. The lowest BCUT2D eigenvalue weighted by Gasteiger charge is -2.17. The molecule has 1 N–H and O–H groups in total. The predicted molar refractivity (Wildman–Crippen MR) is 67.3 cm³/mol. The maximum absolute atomic E-state index is 13.0. The van der Waals surface area contributed by atoms with Crippen molar-refractivity contribution in [1.29, 1.82) is 0 Å². The molecule has 0 bridgehead atoms. The van der Waals surface area contributed by atoms with Crippen LogP contribution in [0.15, 0.2) is 24.3 Å². The Hall–Kier alpha value is -0.890. The number of halogens is 1. The summed E-state index contributed by atoms with van der Waals surface area (Å²) in [5, 5.41) is 3.69. The van der Waals surface area contributed by atoms with Crippen LogP contribution in [0.3, 0.4) is 0 Å². The fourth-order valence-electron chi connectivity index (χ4n) is 2.70. The second kappa shape index (κ2) is 4.77. The Labute approximate surface area is 102 Å². The van der Waals surface area contributed by atoms with E-state index in [0.29, 0.717) is 0 Å². The number of nitrogens with one attached hydrogen (secondary N) is 1. The fourth-order valence-corrected chi connectivity index (χ4v) is 2.70. The van der Waals surface area contributed by atoms with E-state index >= 15 is 0 Å². The maximum Gasteiger partial charge on any atom is 0.123 e. The van der Waals surface area contributed by atoms with Crippen LogP contribution in [-0.4, -0.2) is 12.6 Å². The van der Waals surface area contributed by atoms with Crippen LogP contribution < -0.4 is 5.32 Å². The zero-order valence-corrected chi connectivity index (χ0v) is 10.2. The molecule has 3 rings (SSSR count). The van der Waals surface area contributed by atoms with Crippen molar-refractivity contribution in [3.05, 3.63) is 35.6 Å². The minimum atomic E-state index is -0.122. The van der Waals surface area contributed by atoms with Crippen molar-refractivity contribution in [2.24, 2.45) is 11.8 Å². The van der Waals surface area contributed by atoms with Crippen LogP contribution in [-0.2, 0) is 6.42 Å². The van der Waals surface area contributed by atoms with Crippen LogP contribution in [0.5, 0.6) is 0 Å². The molecule has 0 aliphatic heterocycles. The second-order valence-corrected chi connectivity index (χ2v) is 5.53. The van der Waals surface area contributed by atoms with Gasteiger partial charge in [-0.25, -0.2) is 4.39 Å². The third-order valence-corrected chi connectivity index (χ3v) is 3.94. The third-order valence-electron chi connectivity index (χ3n) is 3.94. The molecular formula is C15H20FN. The topological polar surface area (TPSA) is 12.0 Å². The van der Waals surface area contributed by atoms with Gasteiger partial charge in [0, 0.05) is 6.04 Å². The van der Waals surface area contributed by atoms with Crippen molar-refractivity contribution >= 4 is 0 Å². The first kappa shape index (κ1) is 11.2. The molecule has 0 saturated heterocycles. The molecule has 0 atom stereocenters. The van der Waals surface area contributed by atoms with E-state index in [1.165, 1.54) is 31.7 Å². The summed E-state index contributed by atoms with van der Waals surface area (Å²) in [6, 6.07) is 7.71. The standard InChI is InChI=1S/C15H20FN/c16-14-3-1-2-11(10-14)8-9-17-15(12-4-5-12)13-6-7-13/h1-3,10,12-13,15,17H,4-9H2. The van der Waals surface area contributed by atoms with Crippen LogP contribution in [0.4, 0.5) is 4.39 Å². The van der Waals surface area contributed by atoms with Crippen LogP contribution in [0, 0.1) is 17.7 Å². The number of hydrogen-bond donors (Lipinski definition) is 1. The van der Waals surface area contributed by atoms with Crippen molar-refractivity contribution in [2.75, 3.05) is 6.54 Å². The van der Waals surface area contributed by atoms with Gasteiger partial charge in [-0.2, -0.15) is 0 Å². The molecule has 0 radical (unpaired) electrons. The minimum Gasteiger partial charge on any atom is -0.313 e.